The average Bonchev–Trinajstić information content (AvgIpc) is 2.86. The molecule has 120 valence electrons. The first kappa shape index (κ1) is 14.4. The number of nitrogens with zero attached hydrogens (tertiary/aromatic N) is 5. The molecule has 2 aromatic rings. The fourth-order valence-electron chi connectivity index (χ4n) is 3.58. The molecule has 0 aromatic carbocycles. The molecule has 2 aliphatic rings. The van der Waals surface area contributed by atoms with Crippen LogP contribution in [0.3, 0.4) is 0 Å². The van der Waals surface area contributed by atoms with Crippen molar-refractivity contribution in [1.82, 2.24) is 15.0 Å². The Morgan fingerprint density at radius 3 is 2.70 bits per heavy atom. The summed E-state index contributed by atoms with van der Waals surface area (Å²) in [5.74, 6) is 0.819. The van der Waals surface area contributed by atoms with Crippen LogP contribution in [0, 0.1) is 0 Å². The van der Waals surface area contributed by atoms with Crippen LogP contribution in [0.5, 0.6) is 0 Å². The summed E-state index contributed by atoms with van der Waals surface area (Å²) >= 11 is 0. The van der Waals surface area contributed by atoms with E-state index in [9.17, 15) is 0 Å². The van der Waals surface area contributed by atoms with Gasteiger partial charge in [0.25, 0.3) is 0 Å². The van der Waals surface area contributed by atoms with E-state index in [1.54, 1.807) is 12.4 Å². The maximum atomic E-state index is 6.07. The number of ether oxygens (including phenoxy) is 1. The Labute approximate surface area is 136 Å². The zero-order chi connectivity index (χ0) is 15.5. The number of fused-ring (bicyclic) bond motifs is 1. The van der Waals surface area contributed by atoms with Crippen molar-refractivity contribution >= 4 is 11.6 Å². The number of morpholine rings is 1. The Kier molecular flexibility index (Phi) is 4.06. The van der Waals surface area contributed by atoms with Gasteiger partial charge in [0.1, 0.15) is 0 Å². The number of hydrogen-bond donors (Lipinski definition) is 0. The number of anilines is 2. The molecule has 6 heteroatoms. The molecule has 6 nitrogen and oxygen atoms in total. The minimum absolute atomic E-state index is 0.262. The van der Waals surface area contributed by atoms with E-state index >= 15 is 0 Å². The van der Waals surface area contributed by atoms with Gasteiger partial charge in [0.15, 0.2) is 0 Å². The standard InChI is InChI=1S/C17H21N5O/c1-3-14(13-18-6-1)22-11-12-23-16-5-10-21(9-4-15(16)22)17-19-7-2-8-20-17/h1-3,6-8,13,15-16H,4-5,9-12H2. The van der Waals surface area contributed by atoms with Gasteiger partial charge in [0.05, 0.1) is 30.6 Å². The molecule has 2 aliphatic heterocycles. The monoisotopic (exact) mass is 311 g/mol. The third-order valence-electron chi connectivity index (χ3n) is 4.68. The summed E-state index contributed by atoms with van der Waals surface area (Å²) in [5.41, 5.74) is 1.19. The second kappa shape index (κ2) is 6.50. The summed E-state index contributed by atoms with van der Waals surface area (Å²) < 4.78 is 6.07. The van der Waals surface area contributed by atoms with Crippen molar-refractivity contribution in [3.63, 3.8) is 0 Å². The number of aromatic nitrogens is 3. The molecule has 2 unspecified atom stereocenters. The van der Waals surface area contributed by atoms with Gasteiger partial charge in [-0.05, 0) is 31.0 Å². The predicted molar refractivity (Wildman–Crippen MR) is 88.6 cm³/mol. The molecule has 0 N–H and O–H groups in total. The Morgan fingerprint density at radius 2 is 1.87 bits per heavy atom. The smallest absolute Gasteiger partial charge is 0.225 e. The summed E-state index contributed by atoms with van der Waals surface area (Å²) in [6.07, 6.45) is 9.68. The van der Waals surface area contributed by atoms with Crippen molar-refractivity contribution in [3.8, 4) is 0 Å². The minimum atomic E-state index is 0.262. The molecule has 0 bridgehead atoms. The molecule has 4 rings (SSSR count). The first-order valence-corrected chi connectivity index (χ1v) is 8.22. The van der Waals surface area contributed by atoms with Gasteiger partial charge in [-0.1, -0.05) is 0 Å². The third-order valence-corrected chi connectivity index (χ3v) is 4.68. The summed E-state index contributed by atoms with van der Waals surface area (Å²) in [7, 11) is 0. The zero-order valence-electron chi connectivity index (χ0n) is 13.1. The fourth-order valence-corrected chi connectivity index (χ4v) is 3.58. The Hall–Kier alpha value is -2.21. The van der Waals surface area contributed by atoms with Crippen LogP contribution in [0.4, 0.5) is 11.6 Å². The van der Waals surface area contributed by atoms with Crippen molar-refractivity contribution in [2.45, 2.75) is 25.0 Å². The lowest BCUT2D eigenvalue weighted by Gasteiger charge is -2.41. The molecular weight excluding hydrogens is 290 g/mol. The largest absolute Gasteiger partial charge is 0.374 e. The average molecular weight is 311 g/mol. The molecule has 0 spiro atoms. The Balaban J connectivity index is 1.53. The van der Waals surface area contributed by atoms with Gasteiger partial charge in [0, 0.05) is 38.2 Å². The van der Waals surface area contributed by atoms with Gasteiger partial charge in [-0.2, -0.15) is 0 Å². The highest BCUT2D eigenvalue weighted by Gasteiger charge is 2.35. The zero-order valence-corrected chi connectivity index (χ0v) is 13.1. The van der Waals surface area contributed by atoms with Gasteiger partial charge < -0.3 is 14.5 Å². The van der Waals surface area contributed by atoms with Crippen molar-refractivity contribution < 1.29 is 4.74 Å². The molecule has 0 saturated carbocycles. The van der Waals surface area contributed by atoms with E-state index in [1.165, 1.54) is 5.69 Å². The highest BCUT2D eigenvalue weighted by Crippen LogP contribution is 2.28. The normalized spacial score (nSPS) is 24.9. The van der Waals surface area contributed by atoms with E-state index in [1.807, 2.05) is 24.5 Å². The van der Waals surface area contributed by atoms with E-state index in [0.717, 1.165) is 45.0 Å². The maximum Gasteiger partial charge on any atom is 0.225 e. The minimum Gasteiger partial charge on any atom is -0.374 e. The Bertz CT molecular complexity index is 623. The van der Waals surface area contributed by atoms with Crippen molar-refractivity contribution in [2.75, 3.05) is 36.0 Å². The van der Waals surface area contributed by atoms with Crippen molar-refractivity contribution in [1.29, 1.82) is 0 Å². The highest BCUT2D eigenvalue weighted by atomic mass is 16.5. The van der Waals surface area contributed by atoms with E-state index in [2.05, 4.69) is 30.8 Å². The predicted octanol–water partition coefficient (Wildman–Crippen LogP) is 1.75. The van der Waals surface area contributed by atoms with Gasteiger partial charge in [-0.15, -0.1) is 0 Å². The highest BCUT2D eigenvalue weighted by molar-refractivity contribution is 5.46. The number of hydrogen-bond acceptors (Lipinski definition) is 6. The SMILES string of the molecule is c1cnc(N2CCC3OCCN(c4cccnc4)C3CC2)nc1. The molecule has 2 aromatic heterocycles. The molecular formula is C17H21N5O. The summed E-state index contributed by atoms with van der Waals surface area (Å²) in [5, 5.41) is 0. The van der Waals surface area contributed by atoms with Gasteiger partial charge in [0.2, 0.25) is 5.95 Å². The van der Waals surface area contributed by atoms with Crippen LogP contribution in [0.1, 0.15) is 12.8 Å². The fraction of sp³-hybridized carbons (Fsp3) is 0.471. The number of pyridine rings is 1. The lowest BCUT2D eigenvalue weighted by atomic mass is 10.0. The van der Waals surface area contributed by atoms with Crippen LogP contribution in [-0.4, -0.2) is 53.3 Å². The number of rotatable bonds is 2. The van der Waals surface area contributed by atoms with E-state index < -0.39 is 0 Å². The van der Waals surface area contributed by atoms with Crippen LogP contribution in [0.15, 0.2) is 43.0 Å². The lowest BCUT2D eigenvalue weighted by molar-refractivity contribution is 0.0100. The van der Waals surface area contributed by atoms with Gasteiger partial charge >= 0.3 is 0 Å². The van der Waals surface area contributed by atoms with Gasteiger partial charge in [-0.25, -0.2) is 9.97 Å². The van der Waals surface area contributed by atoms with Crippen molar-refractivity contribution in [3.05, 3.63) is 43.0 Å². The summed E-state index contributed by atoms with van der Waals surface area (Å²) in [4.78, 5) is 17.8. The second-order valence-corrected chi connectivity index (χ2v) is 5.99. The summed E-state index contributed by atoms with van der Waals surface area (Å²) in [6, 6.07) is 6.38. The second-order valence-electron chi connectivity index (χ2n) is 5.99. The first-order chi connectivity index (χ1) is 11.4. The molecule has 0 aliphatic carbocycles. The van der Waals surface area contributed by atoms with E-state index in [-0.39, 0.29) is 6.10 Å². The molecule has 4 heterocycles. The van der Waals surface area contributed by atoms with Crippen LogP contribution < -0.4 is 9.80 Å². The Morgan fingerprint density at radius 1 is 1.00 bits per heavy atom. The summed E-state index contributed by atoms with van der Waals surface area (Å²) in [6.45, 7) is 3.59. The molecule has 23 heavy (non-hydrogen) atoms. The topological polar surface area (TPSA) is 54.4 Å². The first-order valence-electron chi connectivity index (χ1n) is 8.22. The molecule has 0 amide bonds. The van der Waals surface area contributed by atoms with Crippen LogP contribution in [0.25, 0.3) is 0 Å². The quantitative estimate of drug-likeness (QED) is 0.842. The maximum absolute atomic E-state index is 6.07. The van der Waals surface area contributed by atoms with Crippen molar-refractivity contribution in [2.24, 2.45) is 0 Å². The molecule has 2 saturated heterocycles. The van der Waals surface area contributed by atoms with Gasteiger partial charge in [-0.3, -0.25) is 4.98 Å². The van der Waals surface area contributed by atoms with Crippen LogP contribution >= 0.6 is 0 Å². The lowest BCUT2D eigenvalue weighted by Crippen LogP contribution is -2.51. The molecule has 0 radical (unpaired) electrons. The molecule has 2 atom stereocenters. The van der Waals surface area contributed by atoms with E-state index in [0.29, 0.717) is 6.04 Å². The van der Waals surface area contributed by atoms with Crippen LogP contribution in [0.2, 0.25) is 0 Å². The third kappa shape index (κ3) is 2.99. The molecule has 2 fully saturated rings. The van der Waals surface area contributed by atoms with Crippen LogP contribution in [-0.2, 0) is 4.74 Å². The van der Waals surface area contributed by atoms with E-state index in [4.69, 9.17) is 4.74 Å².